The number of aromatic nitrogens is 2. The summed E-state index contributed by atoms with van der Waals surface area (Å²) in [7, 11) is -3.18. The molecule has 0 amide bonds. The van der Waals surface area contributed by atoms with Crippen molar-refractivity contribution in [2.75, 3.05) is 18.8 Å². The molecule has 0 saturated carbocycles. The van der Waals surface area contributed by atoms with Crippen LogP contribution in [-0.4, -0.2) is 47.6 Å². The summed E-state index contributed by atoms with van der Waals surface area (Å²) in [6.07, 6.45) is 2.33. The molecule has 1 aliphatic heterocycles. The molecule has 0 aliphatic carbocycles. The fraction of sp³-hybridized carbons (Fsp3) is 0.600. The average molecular weight is 275 g/mol. The van der Waals surface area contributed by atoms with E-state index in [0.29, 0.717) is 13.0 Å². The van der Waals surface area contributed by atoms with Gasteiger partial charge in [-0.05, 0) is 13.3 Å². The number of hydrogen-bond acceptors (Lipinski definition) is 5. The van der Waals surface area contributed by atoms with Crippen molar-refractivity contribution in [3.05, 3.63) is 18.2 Å². The molecule has 0 unspecified atom stereocenters. The van der Waals surface area contributed by atoms with E-state index in [0.717, 1.165) is 12.4 Å². The highest BCUT2D eigenvalue weighted by Gasteiger charge is 2.31. The molecule has 0 bridgehead atoms. The van der Waals surface area contributed by atoms with Crippen LogP contribution in [-0.2, 0) is 10.0 Å². The Morgan fingerprint density at radius 2 is 2.17 bits per heavy atom. The molecule has 18 heavy (non-hydrogen) atoms. The van der Waals surface area contributed by atoms with Gasteiger partial charge < -0.3 is 4.74 Å². The van der Waals surface area contributed by atoms with Gasteiger partial charge in [0.05, 0.1) is 24.7 Å². The van der Waals surface area contributed by atoms with E-state index < -0.39 is 15.8 Å². The zero-order valence-electron chi connectivity index (χ0n) is 9.91. The normalized spacial score (nSPS) is 21.1. The molecule has 1 fully saturated rings. The van der Waals surface area contributed by atoms with Crippen molar-refractivity contribution < 1.29 is 17.5 Å². The number of rotatable bonds is 4. The summed E-state index contributed by atoms with van der Waals surface area (Å²) < 4.78 is 42.7. The molecule has 1 atom stereocenters. The summed E-state index contributed by atoms with van der Waals surface area (Å²) in [6, 6.07) is 0.0668. The maximum Gasteiger partial charge on any atom is 0.316 e. The minimum absolute atomic E-state index is 0.0668. The molecule has 1 saturated heterocycles. The number of nitrogens with zero attached hydrogens (tertiary/aromatic N) is 3. The van der Waals surface area contributed by atoms with Gasteiger partial charge in [-0.1, -0.05) is 0 Å². The molecule has 1 aromatic heterocycles. The Hall–Kier alpha value is -1.28. The molecule has 1 aromatic rings. The van der Waals surface area contributed by atoms with Gasteiger partial charge >= 0.3 is 6.01 Å². The van der Waals surface area contributed by atoms with Crippen LogP contribution < -0.4 is 4.74 Å². The fourth-order valence-electron chi connectivity index (χ4n) is 1.74. The number of ether oxygens (including phenoxy) is 1. The van der Waals surface area contributed by atoms with Gasteiger partial charge in [0, 0.05) is 6.54 Å². The first-order valence-electron chi connectivity index (χ1n) is 5.63. The monoisotopic (exact) mass is 275 g/mol. The molecule has 0 spiro atoms. The zero-order valence-corrected chi connectivity index (χ0v) is 10.7. The van der Waals surface area contributed by atoms with Gasteiger partial charge in [0.25, 0.3) is 0 Å². The lowest BCUT2D eigenvalue weighted by Crippen LogP contribution is -2.32. The SMILES string of the molecule is CCS(=O)(=O)N1CC[C@@H](Oc2ncc(F)cn2)C1. The van der Waals surface area contributed by atoms with Gasteiger partial charge in [0.1, 0.15) is 6.10 Å². The van der Waals surface area contributed by atoms with Crippen LogP contribution in [0.3, 0.4) is 0 Å². The Kier molecular flexibility index (Phi) is 3.76. The lowest BCUT2D eigenvalue weighted by molar-refractivity contribution is 0.197. The first-order chi connectivity index (χ1) is 8.51. The van der Waals surface area contributed by atoms with Gasteiger partial charge in [-0.3, -0.25) is 0 Å². The minimum Gasteiger partial charge on any atom is -0.459 e. The van der Waals surface area contributed by atoms with Crippen LogP contribution >= 0.6 is 0 Å². The van der Waals surface area contributed by atoms with Gasteiger partial charge in [-0.2, -0.15) is 4.31 Å². The highest BCUT2D eigenvalue weighted by atomic mass is 32.2. The Balaban J connectivity index is 1.96. The van der Waals surface area contributed by atoms with Crippen LogP contribution in [0, 0.1) is 5.82 Å². The summed E-state index contributed by atoms with van der Waals surface area (Å²) in [5.74, 6) is -0.462. The van der Waals surface area contributed by atoms with Gasteiger partial charge in [0.2, 0.25) is 10.0 Å². The number of halogens is 1. The summed E-state index contributed by atoms with van der Waals surface area (Å²) in [6.45, 7) is 2.32. The molecule has 2 rings (SSSR count). The van der Waals surface area contributed by atoms with Crippen LogP contribution in [0.1, 0.15) is 13.3 Å². The van der Waals surface area contributed by atoms with E-state index in [-0.39, 0.29) is 24.4 Å². The van der Waals surface area contributed by atoms with Crippen molar-refractivity contribution in [1.82, 2.24) is 14.3 Å². The fourth-order valence-corrected chi connectivity index (χ4v) is 2.88. The van der Waals surface area contributed by atoms with Crippen LogP contribution in [0.5, 0.6) is 6.01 Å². The number of sulfonamides is 1. The van der Waals surface area contributed by atoms with Crippen LogP contribution in [0.25, 0.3) is 0 Å². The van der Waals surface area contributed by atoms with E-state index in [4.69, 9.17) is 4.74 Å². The minimum atomic E-state index is -3.18. The third-order valence-electron chi connectivity index (χ3n) is 2.73. The first kappa shape index (κ1) is 13.2. The van der Waals surface area contributed by atoms with E-state index in [1.165, 1.54) is 4.31 Å². The molecule has 8 heteroatoms. The van der Waals surface area contributed by atoms with Gasteiger partial charge in [-0.15, -0.1) is 0 Å². The second-order valence-electron chi connectivity index (χ2n) is 3.97. The van der Waals surface area contributed by atoms with E-state index in [9.17, 15) is 12.8 Å². The molecular formula is C10H14FN3O3S. The summed E-state index contributed by atoms with van der Waals surface area (Å²) in [4.78, 5) is 7.35. The Morgan fingerprint density at radius 1 is 1.50 bits per heavy atom. The van der Waals surface area contributed by atoms with Crippen LogP contribution in [0.15, 0.2) is 12.4 Å². The van der Waals surface area contributed by atoms with E-state index in [1.807, 2.05) is 0 Å². The molecule has 0 radical (unpaired) electrons. The molecule has 6 nitrogen and oxygen atoms in total. The lowest BCUT2D eigenvalue weighted by Gasteiger charge is -2.15. The first-order valence-corrected chi connectivity index (χ1v) is 7.24. The van der Waals surface area contributed by atoms with Gasteiger partial charge in [-0.25, -0.2) is 22.8 Å². The molecule has 0 N–H and O–H groups in total. The quantitative estimate of drug-likeness (QED) is 0.796. The lowest BCUT2D eigenvalue weighted by atomic mass is 10.3. The predicted molar refractivity (Wildman–Crippen MR) is 62.1 cm³/mol. The molecular weight excluding hydrogens is 261 g/mol. The maximum absolute atomic E-state index is 12.6. The Morgan fingerprint density at radius 3 is 2.78 bits per heavy atom. The Labute approximate surface area is 105 Å². The van der Waals surface area contributed by atoms with Crippen LogP contribution in [0.2, 0.25) is 0 Å². The predicted octanol–water partition coefficient (Wildman–Crippen LogP) is 0.418. The number of hydrogen-bond donors (Lipinski definition) is 0. The van der Waals surface area contributed by atoms with Crippen molar-refractivity contribution >= 4 is 10.0 Å². The Bertz CT molecular complexity index is 506. The summed E-state index contributed by atoms with van der Waals surface area (Å²) >= 11 is 0. The van der Waals surface area contributed by atoms with Crippen LogP contribution in [0.4, 0.5) is 4.39 Å². The third kappa shape index (κ3) is 2.94. The third-order valence-corrected chi connectivity index (χ3v) is 4.58. The second-order valence-corrected chi connectivity index (χ2v) is 6.23. The molecule has 1 aliphatic rings. The van der Waals surface area contributed by atoms with Crippen molar-refractivity contribution in [3.8, 4) is 6.01 Å². The van der Waals surface area contributed by atoms with Crippen molar-refractivity contribution in [3.63, 3.8) is 0 Å². The van der Waals surface area contributed by atoms with E-state index in [2.05, 4.69) is 9.97 Å². The zero-order chi connectivity index (χ0) is 13.2. The average Bonchev–Trinajstić information content (AvgIpc) is 2.81. The van der Waals surface area contributed by atoms with Crippen molar-refractivity contribution in [1.29, 1.82) is 0 Å². The highest BCUT2D eigenvalue weighted by Crippen LogP contribution is 2.17. The second kappa shape index (κ2) is 5.15. The maximum atomic E-state index is 12.6. The van der Waals surface area contributed by atoms with Gasteiger partial charge in [0.15, 0.2) is 5.82 Å². The highest BCUT2D eigenvalue weighted by molar-refractivity contribution is 7.89. The molecule has 0 aromatic carbocycles. The van der Waals surface area contributed by atoms with Crippen molar-refractivity contribution in [2.45, 2.75) is 19.4 Å². The largest absolute Gasteiger partial charge is 0.459 e. The summed E-state index contributed by atoms with van der Waals surface area (Å²) in [5, 5.41) is 0. The smallest absolute Gasteiger partial charge is 0.316 e. The standard InChI is InChI=1S/C10H14FN3O3S/c1-2-18(15,16)14-4-3-9(7-14)17-10-12-5-8(11)6-13-10/h5-6,9H,2-4,7H2,1H3/t9-/m1/s1. The van der Waals surface area contributed by atoms with E-state index >= 15 is 0 Å². The van der Waals surface area contributed by atoms with E-state index in [1.54, 1.807) is 6.92 Å². The topological polar surface area (TPSA) is 72.4 Å². The van der Waals surface area contributed by atoms with Crippen molar-refractivity contribution in [2.24, 2.45) is 0 Å². The molecule has 100 valence electrons. The molecule has 2 heterocycles. The summed E-state index contributed by atoms with van der Waals surface area (Å²) in [5.41, 5.74) is 0.